The van der Waals surface area contributed by atoms with E-state index < -0.39 is 0 Å². The van der Waals surface area contributed by atoms with Crippen LogP contribution in [0.25, 0.3) is 0 Å². The zero-order valence-electron chi connectivity index (χ0n) is 9.06. The minimum atomic E-state index is 0.157. The van der Waals surface area contributed by atoms with Crippen molar-refractivity contribution in [1.29, 1.82) is 0 Å². The minimum absolute atomic E-state index is 0.157. The van der Waals surface area contributed by atoms with Crippen LogP contribution in [0, 0.1) is 0 Å². The first-order valence-electron chi connectivity index (χ1n) is 5.30. The van der Waals surface area contributed by atoms with Gasteiger partial charge >= 0.3 is 0 Å². The van der Waals surface area contributed by atoms with Crippen LogP contribution in [0.2, 0.25) is 0 Å². The monoisotopic (exact) mass is 280 g/mol. The lowest BCUT2D eigenvalue weighted by Crippen LogP contribution is -1.92. The van der Waals surface area contributed by atoms with Gasteiger partial charge in [-0.25, -0.2) is 0 Å². The summed E-state index contributed by atoms with van der Waals surface area (Å²) < 4.78 is 5.18. The van der Waals surface area contributed by atoms with Crippen LogP contribution in [0.1, 0.15) is 35.5 Å². The number of hydrogen-bond donors (Lipinski definition) is 0. The van der Waals surface area contributed by atoms with Crippen LogP contribution in [-0.2, 0) is 6.42 Å². The molecule has 0 aliphatic rings. The lowest BCUT2D eigenvalue weighted by Gasteiger charge is -1.97. The number of hydrogen-bond acceptors (Lipinski definition) is 3. The molecule has 1 heterocycles. The Labute approximate surface area is 103 Å². The molecule has 0 bridgehead atoms. The molecule has 1 aromatic carbocycles. The molecule has 0 radical (unpaired) electrons. The van der Waals surface area contributed by atoms with Crippen LogP contribution in [-0.4, -0.2) is 10.1 Å². The fourth-order valence-electron chi connectivity index (χ4n) is 1.42. The molecule has 0 aliphatic carbocycles. The summed E-state index contributed by atoms with van der Waals surface area (Å²) >= 11 is 3.49. The van der Waals surface area contributed by atoms with Gasteiger partial charge in [-0.15, -0.1) is 0 Å². The van der Waals surface area contributed by atoms with Crippen molar-refractivity contribution >= 4 is 15.9 Å². The fourth-order valence-corrected chi connectivity index (χ4v) is 1.61. The van der Waals surface area contributed by atoms with Gasteiger partial charge in [0.1, 0.15) is 0 Å². The quantitative estimate of drug-likeness (QED) is 0.805. The average Bonchev–Trinajstić information content (AvgIpc) is 2.78. The van der Waals surface area contributed by atoms with E-state index in [0.29, 0.717) is 12.3 Å². The molecule has 1 unspecified atom stereocenters. The Kier molecular flexibility index (Phi) is 3.72. The zero-order valence-corrected chi connectivity index (χ0v) is 10.6. The summed E-state index contributed by atoms with van der Waals surface area (Å²) in [6.45, 7) is 2.07. The van der Waals surface area contributed by atoms with E-state index in [1.807, 2.05) is 18.2 Å². The Morgan fingerprint density at radius 3 is 2.75 bits per heavy atom. The van der Waals surface area contributed by atoms with Gasteiger partial charge in [0.25, 0.3) is 0 Å². The Bertz CT molecular complexity index is 441. The summed E-state index contributed by atoms with van der Waals surface area (Å²) in [7, 11) is 0. The van der Waals surface area contributed by atoms with Gasteiger partial charge in [-0.05, 0) is 12.0 Å². The maximum absolute atomic E-state index is 5.18. The van der Waals surface area contributed by atoms with Crippen LogP contribution in [0.3, 0.4) is 0 Å². The lowest BCUT2D eigenvalue weighted by molar-refractivity contribution is 0.372. The highest BCUT2D eigenvalue weighted by molar-refractivity contribution is 9.09. The van der Waals surface area contributed by atoms with Crippen molar-refractivity contribution in [2.45, 2.75) is 24.6 Å². The molecule has 3 nitrogen and oxygen atoms in total. The first kappa shape index (κ1) is 11.3. The van der Waals surface area contributed by atoms with Gasteiger partial charge < -0.3 is 4.52 Å². The molecule has 0 N–H and O–H groups in total. The van der Waals surface area contributed by atoms with Crippen molar-refractivity contribution in [3.05, 3.63) is 47.6 Å². The zero-order chi connectivity index (χ0) is 11.4. The summed E-state index contributed by atoms with van der Waals surface area (Å²) in [6, 6.07) is 10.1. The van der Waals surface area contributed by atoms with Gasteiger partial charge in [-0.1, -0.05) is 58.3 Å². The largest absolute Gasteiger partial charge is 0.338 e. The van der Waals surface area contributed by atoms with Crippen molar-refractivity contribution in [3.8, 4) is 0 Å². The molecule has 0 spiro atoms. The third-order valence-corrected chi connectivity index (χ3v) is 3.35. The van der Waals surface area contributed by atoms with Crippen molar-refractivity contribution < 1.29 is 4.52 Å². The van der Waals surface area contributed by atoms with E-state index in [9.17, 15) is 0 Å². The van der Waals surface area contributed by atoms with Gasteiger partial charge in [-0.2, -0.15) is 4.98 Å². The number of aromatic nitrogens is 2. The molecule has 16 heavy (non-hydrogen) atoms. The predicted octanol–water partition coefficient (Wildman–Crippen LogP) is 3.51. The van der Waals surface area contributed by atoms with E-state index in [1.54, 1.807) is 0 Å². The molecular weight excluding hydrogens is 268 g/mol. The molecule has 4 heteroatoms. The maximum Gasteiger partial charge on any atom is 0.240 e. The summed E-state index contributed by atoms with van der Waals surface area (Å²) in [4.78, 5) is 4.51. The third-order valence-electron chi connectivity index (χ3n) is 2.32. The highest BCUT2D eigenvalue weighted by Gasteiger charge is 2.13. The van der Waals surface area contributed by atoms with Gasteiger partial charge in [-0.3, -0.25) is 0 Å². The molecule has 0 fully saturated rings. The Hall–Kier alpha value is -1.16. The lowest BCUT2D eigenvalue weighted by atomic mass is 10.1. The summed E-state index contributed by atoms with van der Waals surface area (Å²) in [5, 5.41) is 3.96. The molecule has 84 valence electrons. The Morgan fingerprint density at radius 2 is 2.06 bits per heavy atom. The van der Waals surface area contributed by atoms with E-state index in [2.05, 4.69) is 45.1 Å². The Morgan fingerprint density at radius 1 is 1.31 bits per heavy atom. The van der Waals surface area contributed by atoms with E-state index in [-0.39, 0.29) is 4.83 Å². The average molecular weight is 281 g/mol. The molecule has 0 saturated heterocycles. The van der Waals surface area contributed by atoms with Crippen LogP contribution in [0.15, 0.2) is 34.9 Å². The van der Waals surface area contributed by atoms with Crippen molar-refractivity contribution in [2.24, 2.45) is 0 Å². The SMILES string of the molecule is CCC(Br)c1nc(Cc2ccccc2)no1. The second kappa shape index (κ2) is 5.25. The second-order valence-electron chi connectivity index (χ2n) is 3.59. The van der Waals surface area contributed by atoms with Crippen molar-refractivity contribution in [2.75, 3.05) is 0 Å². The van der Waals surface area contributed by atoms with Crippen molar-refractivity contribution in [3.63, 3.8) is 0 Å². The second-order valence-corrected chi connectivity index (χ2v) is 4.69. The van der Waals surface area contributed by atoms with Gasteiger partial charge in [0.15, 0.2) is 5.82 Å². The first-order chi connectivity index (χ1) is 7.79. The summed E-state index contributed by atoms with van der Waals surface area (Å²) in [5.74, 6) is 1.40. The first-order valence-corrected chi connectivity index (χ1v) is 6.21. The molecule has 2 aromatic rings. The standard InChI is InChI=1S/C12H13BrN2O/c1-2-10(13)12-14-11(15-16-12)8-9-6-4-3-5-7-9/h3-7,10H,2,8H2,1H3. The normalized spacial score (nSPS) is 12.6. The van der Waals surface area contributed by atoms with Crippen LogP contribution in [0.5, 0.6) is 0 Å². The molecule has 0 amide bonds. The number of benzene rings is 1. The summed E-state index contributed by atoms with van der Waals surface area (Å²) in [6.07, 6.45) is 1.65. The van der Waals surface area contributed by atoms with Gasteiger partial charge in [0, 0.05) is 6.42 Å². The highest BCUT2D eigenvalue weighted by atomic mass is 79.9. The summed E-state index contributed by atoms with van der Waals surface area (Å²) in [5.41, 5.74) is 1.19. The predicted molar refractivity (Wildman–Crippen MR) is 65.5 cm³/mol. The van der Waals surface area contributed by atoms with E-state index in [0.717, 1.165) is 12.2 Å². The molecule has 1 aromatic heterocycles. The number of halogens is 1. The van der Waals surface area contributed by atoms with Gasteiger partial charge in [0.05, 0.1) is 4.83 Å². The van der Waals surface area contributed by atoms with E-state index in [4.69, 9.17) is 4.52 Å². The van der Waals surface area contributed by atoms with E-state index >= 15 is 0 Å². The number of alkyl halides is 1. The van der Waals surface area contributed by atoms with Crippen LogP contribution >= 0.6 is 15.9 Å². The van der Waals surface area contributed by atoms with Crippen LogP contribution in [0.4, 0.5) is 0 Å². The minimum Gasteiger partial charge on any atom is -0.338 e. The number of nitrogens with zero attached hydrogens (tertiary/aromatic N) is 2. The number of rotatable bonds is 4. The highest BCUT2D eigenvalue weighted by Crippen LogP contribution is 2.24. The van der Waals surface area contributed by atoms with Crippen molar-refractivity contribution in [1.82, 2.24) is 10.1 Å². The van der Waals surface area contributed by atoms with Crippen LogP contribution < -0.4 is 0 Å². The molecule has 0 aliphatic heterocycles. The fraction of sp³-hybridized carbons (Fsp3) is 0.333. The molecule has 0 saturated carbocycles. The smallest absolute Gasteiger partial charge is 0.240 e. The Balaban J connectivity index is 2.09. The van der Waals surface area contributed by atoms with E-state index in [1.165, 1.54) is 5.56 Å². The van der Waals surface area contributed by atoms with Gasteiger partial charge in [0.2, 0.25) is 5.89 Å². The third kappa shape index (κ3) is 2.70. The maximum atomic E-state index is 5.18. The molecular formula is C12H13BrN2O. The topological polar surface area (TPSA) is 38.9 Å². The molecule has 2 rings (SSSR count). The molecule has 1 atom stereocenters.